The van der Waals surface area contributed by atoms with Crippen molar-refractivity contribution < 1.29 is 14.3 Å². The summed E-state index contributed by atoms with van der Waals surface area (Å²) in [4.78, 5) is 32.5. The molecule has 0 spiro atoms. The quantitative estimate of drug-likeness (QED) is 0.484. The summed E-state index contributed by atoms with van der Waals surface area (Å²) in [6, 6.07) is 22.6. The van der Waals surface area contributed by atoms with E-state index in [-0.39, 0.29) is 17.3 Å². The molecule has 5 heteroatoms. The highest BCUT2D eigenvalue weighted by atomic mass is 16.5. The third-order valence-electron chi connectivity index (χ3n) is 5.19. The molecule has 30 heavy (non-hydrogen) atoms. The summed E-state index contributed by atoms with van der Waals surface area (Å²) in [5.41, 5.74) is 2.60. The number of ether oxygens (including phenoxy) is 1. The predicted molar refractivity (Wildman–Crippen MR) is 115 cm³/mol. The number of piperidine rings is 1. The van der Waals surface area contributed by atoms with Gasteiger partial charge in [0.25, 0.3) is 5.91 Å². The second-order valence-corrected chi connectivity index (χ2v) is 7.18. The van der Waals surface area contributed by atoms with E-state index in [0.717, 1.165) is 16.9 Å². The fraction of sp³-hybridized carbons (Fsp3) is 0.160. The maximum Gasteiger partial charge on any atom is 0.257 e. The number of methoxy groups -OCH3 is 1. The Balaban J connectivity index is 1.71. The van der Waals surface area contributed by atoms with Crippen LogP contribution in [0.4, 0.5) is 0 Å². The van der Waals surface area contributed by atoms with Crippen molar-refractivity contribution in [2.24, 2.45) is 0 Å². The van der Waals surface area contributed by atoms with Crippen LogP contribution >= 0.6 is 0 Å². The summed E-state index contributed by atoms with van der Waals surface area (Å²) in [6.45, 7) is 0.727. The van der Waals surface area contributed by atoms with Gasteiger partial charge in [0.1, 0.15) is 5.75 Å². The molecule has 150 valence electrons. The van der Waals surface area contributed by atoms with Crippen LogP contribution in [0.5, 0.6) is 5.75 Å². The number of aromatic nitrogens is 1. The highest BCUT2D eigenvalue weighted by Gasteiger charge is 2.38. The summed E-state index contributed by atoms with van der Waals surface area (Å²) in [5.74, 6) is -0.124. The third-order valence-corrected chi connectivity index (χ3v) is 5.19. The van der Waals surface area contributed by atoms with Crippen molar-refractivity contribution in [1.82, 2.24) is 9.88 Å². The van der Waals surface area contributed by atoms with Gasteiger partial charge in [0.15, 0.2) is 5.78 Å². The van der Waals surface area contributed by atoms with Gasteiger partial charge in [-0.2, -0.15) is 0 Å². The molecule has 0 radical (unpaired) electrons. The number of carbonyl (C=O) groups excluding carboxylic acids is 2. The predicted octanol–water partition coefficient (Wildman–Crippen LogP) is 3.87. The van der Waals surface area contributed by atoms with E-state index in [2.05, 4.69) is 4.98 Å². The van der Waals surface area contributed by atoms with Gasteiger partial charge in [-0.3, -0.25) is 14.6 Å². The van der Waals surface area contributed by atoms with E-state index in [1.54, 1.807) is 36.4 Å². The number of carbonyl (C=O) groups is 2. The minimum atomic E-state index is -0.413. The van der Waals surface area contributed by atoms with Gasteiger partial charge in [-0.25, -0.2) is 0 Å². The van der Waals surface area contributed by atoms with Gasteiger partial charge >= 0.3 is 0 Å². The second-order valence-electron chi connectivity index (χ2n) is 7.18. The van der Waals surface area contributed by atoms with Crippen LogP contribution in [0.3, 0.4) is 0 Å². The first-order chi connectivity index (χ1) is 14.7. The van der Waals surface area contributed by atoms with Crippen LogP contribution in [-0.2, 0) is 16.1 Å². The van der Waals surface area contributed by atoms with Crippen molar-refractivity contribution in [1.29, 1.82) is 0 Å². The highest BCUT2D eigenvalue weighted by Crippen LogP contribution is 2.30. The van der Waals surface area contributed by atoms with Crippen LogP contribution in [0.2, 0.25) is 0 Å². The molecule has 1 atom stereocenters. The molecule has 4 rings (SSSR count). The summed E-state index contributed by atoms with van der Waals surface area (Å²) in [7, 11) is 1.61. The smallest absolute Gasteiger partial charge is 0.257 e. The lowest BCUT2D eigenvalue weighted by Gasteiger charge is -2.33. The maximum atomic E-state index is 13.3. The molecule has 5 nitrogen and oxygen atoms in total. The number of likely N-dealkylation sites (tertiary alicyclic amines) is 1. The van der Waals surface area contributed by atoms with Gasteiger partial charge < -0.3 is 9.64 Å². The van der Waals surface area contributed by atoms with Crippen molar-refractivity contribution in [2.45, 2.75) is 12.5 Å². The molecular formula is C25H22N2O3. The molecule has 1 aliphatic rings. The van der Waals surface area contributed by atoms with Crippen LogP contribution < -0.4 is 4.74 Å². The average Bonchev–Trinajstić information content (AvgIpc) is 2.80. The van der Waals surface area contributed by atoms with E-state index in [9.17, 15) is 9.59 Å². The molecule has 1 amide bonds. The van der Waals surface area contributed by atoms with Crippen molar-refractivity contribution in [3.63, 3.8) is 0 Å². The summed E-state index contributed by atoms with van der Waals surface area (Å²) in [6.07, 6.45) is 3.24. The standard InChI is InChI=1S/C25H22N2O3/c1-30-21-12-7-8-18(14-21)16-27-17-23(19-9-3-2-4-10-19)24(28)22(25(27)29)15-20-11-5-6-13-26-20/h2-15,23H,16-17H2,1H3/b22-15-. The number of amides is 1. The Morgan fingerprint density at radius 3 is 2.57 bits per heavy atom. The molecule has 0 bridgehead atoms. The lowest BCUT2D eigenvalue weighted by atomic mass is 9.85. The van der Waals surface area contributed by atoms with E-state index in [1.165, 1.54) is 0 Å². The fourth-order valence-corrected chi connectivity index (χ4v) is 3.66. The number of hydrogen-bond donors (Lipinski definition) is 0. The van der Waals surface area contributed by atoms with Gasteiger partial charge in [-0.1, -0.05) is 48.5 Å². The molecule has 1 saturated heterocycles. The zero-order valence-corrected chi connectivity index (χ0v) is 16.7. The Labute approximate surface area is 175 Å². The van der Waals surface area contributed by atoms with Gasteiger partial charge in [0, 0.05) is 19.3 Å². The molecule has 1 fully saturated rings. The van der Waals surface area contributed by atoms with Crippen LogP contribution in [0.25, 0.3) is 6.08 Å². The van der Waals surface area contributed by atoms with Crippen molar-refractivity contribution >= 4 is 17.8 Å². The van der Waals surface area contributed by atoms with Gasteiger partial charge in [-0.15, -0.1) is 0 Å². The third kappa shape index (κ3) is 4.15. The van der Waals surface area contributed by atoms with Crippen LogP contribution in [0.15, 0.2) is 84.6 Å². The SMILES string of the molecule is COc1cccc(CN2CC(c3ccccc3)C(=O)/C(=C/c3ccccn3)C2=O)c1. The Hall–Kier alpha value is -3.73. The van der Waals surface area contributed by atoms with Gasteiger partial charge in [0.05, 0.1) is 24.3 Å². The molecule has 0 aliphatic carbocycles. The lowest BCUT2D eigenvalue weighted by Crippen LogP contribution is -2.45. The summed E-state index contributed by atoms with van der Waals surface area (Å²) in [5, 5.41) is 0. The number of rotatable bonds is 5. The summed E-state index contributed by atoms with van der Waals surface area (Å²) < 4.78 is 5.30. The van der Waals surface area contributed by atoms with E-state index < -0.39 is 5.92 Å². The molecule has 3 aromatic rings. The number of hydrogen-bond acceptors (Lipinski definition) is 4. The van der Waals surface area contributed by atoms with Crippen molar-refractivity contribution in [3.05, 3.63) is 101 Å². The summed E-state index contributed by atoms with van der Waals surface area (Å²) >= 11 is 0. The zero-order chi connectivity index (χ0) is 20.9. The minimum absolute atomic E-state index is 0.164. The highest BCUT2D eigenvalue weighted by molar-refractivity contribution is 6.25. The molecule has 2 aromatic carbocycles. The normalized spacial score (nSPS) is 18.0. The van der Waals surface area contributed by atoms with Crippen LogP contribution in [-0.4, -0.2) is 35.2 Å². The number of benzene rings is 2. The molecule has 2 heterocycles. The monoisotopic (exact) mass is 398 g/mol. The molecule has 0 saturated carbocycles. The molecule has 0 N–H and O–H groups in total. The lowest BCUT2D eigenvalue weighted by molar-refractivity contribution is -0.134. The largest absolute Gasteiger partial charge is 0.497 e. The van der Waals surface area contributed by atoms with E-state index >= 15 is 0 Å². The Kier molecular flexibility index (Phi) is 5.70. The fourth-order valence-electron chi connectivity index (χ4n) is 3.66. The number of pyridine rings is 1. The van der Waals surface area contributed by atoms with Gasteiger partial charge in [-0.05, 0) is 41.5 Å². The van der Waals surface area contributed by atoms with E-state index in [0.29, 0.717) is 18.8 Å². The topological polar surface area (TPSA) is 59.5 Å². The van der Waals surface area contributed by atoms with Crippen LogP contribution in [0.1, 0.15) is 22.7 Å². The number of Topliss-reactive ketones (excluding diaryl/α,β-unsaturated/α-hetero) is 1. The molecule has 1 aromatic heterocycles. The first-order valence-electron chi connectivity index (χ1n) is 9.80. The van der Waals surface area contributed by atoms with Gasteiger partial charge in [0.2, 0.25) is 0 Å². The average molecular weight is 398 g/mol. The number of nitrogens with zero attached hydrogens (tertiary/aromatic N) is 2. The van der Waals surface area contributed by atoms with E-state index in [4.69, 9.17) is 4.74 Å². The molecule has 1 aliphatic heterocycles. The Morgan fingerprint density at radius 1 is 1.03 bits per heavy atom. The van der Waals surface area contributed by atoms with Crippen molar-refractivity contribution in [3.8, 4) is 5.75 Å². The Morgan fingerprint density at radius 2 is 1.83 bits per heavy atom. The second kappa shape index (κ2) is 8.74. The van der Waals surface area contributed by atoms with Crippen molar-refractivity contribution in [2.75, 3.05) is 13.7 Å². The zero-order valence-electron chi connectivity index (χ0n) is 16.7. The molecule has 1 unspecified atom stereocenters. The first kappa shape index (κ1) is 19.6. The number of ketones is 1. The first-order valence-corrected chi connectivity index (χ1v) is 9.80. The van der Waals surface area contributed by atoms with Crippen LogP contribution in [0, 0.1) is 0 Å². The Bertz CT molecular complexity index is 1080. The maximum absolute atomic E-state index is 13.3. The minimum Gasteiger partial charge on any atom is -0.497 e. The van der Waals surface area contributed by atoms with E-state index in [1.807, 2.05) is 60.7 Å². The molecular weight excluding hydrogens is 376 g/mol.